The maximum absolute atomic E-state index is 4.47. The third-order valence-corrected chi connectivity index (χ3v) is 2.43. The molecule has 1 aromatic heterocycles. The highest BCUT2D eigenvalue weighted by Crippen LogP contribution is 2.17. The molecule has 0 bridgehead atoms. The van der Waals surface area contributed by atoms with Crippen molar-refractivity contribution in [2.45, 2.75) is 19.9 Å². The summed E-state index contributed by atoms with van der Waals surface area (Å²) in [5.74, 6) is 0.815. The van der Waals surface area contributed by atoms with Crippen molar-refractivity contribution in [3.63, 3.8) is 0 Å². The summed E-state index contributed by atoms with van der Waals surface area (Å²) < 4.78 is 1.02. The van der Waals surface area contributed by atoms with Crippen molar-refractivity contribution in [2.24, 2.45) is 0 Å². The highest BCUT2D eigenvalue weighted by molar-refractivity contribution is 9.10. The topological polar surface area (TPSA) is 37.8 Å². The number of rotatable bonds is 2. The first kappa shape index (κ1) is 10.4. The molecule has 0 aliphatic rings. The Morgan fingerprint density at radius 2 is 2.07 bits per heavy atom. The van der Waals surface area contributed by atoms with Gasteiger partial charge in [-0.1, -0.05) is 15.9 Å². The molecule has 0 aliphatic carbocycles. The average molecular weight is 266 g/mol. The maximum Gasteiger partial charge on any atom is 0.145 e. The summed E-state index contributed by atoms with van der Waals surface area (Å²) in [6.07, 6.45) is 1.76. The van der Waals surface area contributed by atoms with Crippen molar-refractivity contribution in [2.75, 3.05) is 5.32 Å². The molecule has 15 heavy (non-hydrogen) atoms. The van der Waals surface area contributed by atoms with Crippen LogP contribution in [-0.2, 0) is 0 Å². The first-order valence-electron chi connectivity index (χ1n) is 4.84. The van der Waals surface area contributed by atoms with Crippen LogP contribution < -0.4 is 5.32 Å². The number of fused-ring (bicyclic) bond motifs is 1. The minimum Gasteiger partial charge on any atom is -0.367 e. The van der Waals surface area contributed by atoms with Crippen LogP contribution >= 0.6 is 15.9 Å². The second-order valence-corrected chi connectivity index (χ2v) is 4.60. The Bertz CT molecular complexity index is 482. The number of anilines is 1. The molecule has 4 heteroatoms. The normalized spacial score (nSPS) is 10.9. The van der Waals surface area contributed by atoms with E-state index in [0.29, 0.717) is 6.04 Å². The fourth-order valence-corrected chi connectivity index (χ4v) is 1.70. The molecule has 1 N–H and O–H groups in total. The molecule has 2 rings (SSSR count). The lowest BCUT2D eigenvalue weighted by atomic mass is 10.3. The van der Waals surface area contributed by atoms with Crippen molar-refractivity contribution in [1.29, 1.82) is 0 Å². The third-order valence-electron chi connectivity index (χ3n) is 1.94. The second-order valence-electron chi connectivity index (χ2n) is 3.69. The van der Waals surface area contributed by atoms with Crippen LogP contribution in [0.3, 0.4) is 0 Å². The van der Waals surface area contributed by atoms with Gasteiger partial charge >= 0.3 is 0 Å². The molecule has 3 nitrogen and oxygen atoms in total. The number of nitrogens with zero attached hydrogens (tertiary/aromatic N) is 2. The monoisotopic (exact) mass is 265 g/mol. The number of nitrogens with one attached hydrogen (secondary N) is 1. The molecule has 1 aromatic carbocycles. The molecule has 78 valence electrons. The number of halogens is 1. The fraction of sp³-hybridized carbons (Fsp3) is 0.273. The summed E-state index contributed by atoms with van der Waals surface area (Å²) in [5, 5.41) is 3.23. The summed E-state index contributed by atoms with van der Waals surface area (Å²) in [4.78, 5) is 8.80. The highest BCUT2D eigenvalue weighted by Gasteiger charge is 2.01. The summed E-state index contributed by atoms with van der Waals surface area (Å²) in [5.41, 5.74) is 1.81. The van der Waals surface area contributed by atoms with Gasteiger partial charge in [-0.15, -0.1) is 0 Å². The average Bonchev–Trinajstić information content (AvgIpc) is 2.16. The van der Waals surface area contributed by atoms with Gasteiger partial charge in [0.25, 0.3) is 0 Å². The van der Waals surface area contributed by atoms with Crippen LogP contribution in [0.4, 0.5) is 5.82 Å². The second kappa shape index (κ2) is 4.14. The van der Waals surface area contributed by atoms with E-state index in [9.17, 15) is 0 Å². The molecule has 2 aromatic rings. The number of benzene rings is 1. The van der Waals surface area contributed by atoms with Gasteiger partial charge in [0.05, 0.1) is 17.2 Å². The lowest BCUT2D eigenvalue weighted by molar-refractivity contribution is 0.889. The molecule has 0 fully saturated rings. The Morgan fingerprint density at radius 3 is 2.80 bits per heavy atom. The Kier molecular flexibility index (Phi) is 2.86. The Labute approximate surface area is 97.1 Å². The van der Waals surface area contributed by atoms with Gasteiger partial charge < -0.3 is 5.32 Å². The van der Waals surface area contributed by atoms with Gasteiger partial charge in [-0.05, 0) is 32.0 Å². The van der Waals surface area contributed by atoms with Gasteiger partial charge in [-0.25, -0.2) is 4.98 Å². The van der Waals surface area contributed by atoms with Gasteiger partial charge in [0, 0.05) is 10.5 Å². The van der Waals surface area contributed by atoms with Crippen LogP contribution in [0.5, 0.6) is 0 Å². The largest absolute Gasteiger partial charge is 0.367 e. The number of hydrogen-bond acceptors (Lipinski definition) is 3. The van der Waals surface area contributed by atoms with E-state index in [1.165, 1.54) is 0 Å². The van der Waals surface area contributed by atoms with Gasteiger partial charge in [-0.2, -0.15) is 0 Å². The molecule has 0 atom stereocenters. The van der Waals surface area contributed by atoms with Crippen LogP contribution in [0.1, 0.15) is 13.8 Å². The summed E-state index contributed by atoms with van der Waals surface area (Å²) >= 11 is 3.42. The lowest BCUT2D eigenvalue weighted by Gasteiger charge is -2.08. The van der Waals surface area contributed by atoms with Crippen LogP contribution in [0.15, 0.2) is 28.9 Å². The van der Waals surface area contributed by atoms with E-state index in [1.807, 2.05) is 18.2 Å². The number of hydrogen-bond donors (Lipinski definition) is 1. The van der Waals surface area contributed by atoms with Crippen molar-refractivity contribution in [1.82, 2.24) is 9.97 Å². The van der Waals surface area contributed by atoms with Crippen LogP contribution in [0, 0.1) is 0 Å². The molecule has 0 amide bonds. The van der Waals surface area contributed by atoms with Gasteiger partial charge in [0.1, 0.15) is 5.82 Å². The van der Waals surface area contributed by atoms with Crippen LogP contribution in [0.2, 0.25) is 0 Å². The van der Waals surface area contributed by atoms with E-state index < -0.39 is 0 Å². The zero-order valence-corrected chi connectivity index (χ0v) is 10.2. The van der Waals surface area contributed by atoms with Crippen LogP contribution in [-0.4, -0.2) is 16.0 Å². The predicted molar refractivity (Wildman–Crippen MR) is 66.0 cm³/mol. The van der Waals surface area contributed by atoms with Crippen molar-refractivity contribution >= 4 is 32.8 Å². The molecule has 0 saturated carbocycles. The van der Waals surface area contributed by atoms with E-state index in [-0.39, 0.29) is 0 Å². The van der Waals surface area contributed by atoms with E-state index >= 15 is 0 Å². The molecular weight excluding hydrogens is 254 g/mol. The Morgan fingerprint density at radius 1 is 1.27 bits per heavy atom. The summed E-state index contributed by atoms with van der Waals surface area (Å²) in [6, 6.07) is 6.25. The molecule has 0 saturated heterocycles. The van der Waals surface area contributed by atoms with E-state index in [4.69, 9.17) is 0 Å². The van der Waals surface area contributed by atoms with E-state index in [2.05, 4.69) is 45.1 Å². The Hall–Kier alpha value is -1.16. The first-order chi connectivity index (χ1) is 7.15. The minimum atomic E-state index is 0.365. The molecular formula is C11H12BrN3. The SMILES string of the molecule is CC(C)Nc1cnc2ccc(Br)cc2n1. The maximum atomic E-state index is 4.47. The smallest absolute Gasteiger partial charge is 0.145 e. The van der Waals surface area contributed by atoms with Gasteiger partial charge in [0.2, 0.25) is 0 Å². The minimum absolute atomic E-state index is 0.365. The predicted octanol–water partition coefficient (Wildman–Crippen LogP) is 3.21. The molecule has 0 aliphatic heterocycles. The first-order valence-corrected chi connectivity index (χ1v) is 5.63. The molecule has 0 radical (unpaired) electrons. The van der Waals surface area contributed by atoms with Gasteiger partial charge in [0.15, 0.2) is 0 Å². The lowest BCUT2D eigenvalue weighted by Crippen LogP contribution is -2.11. The quantitative estimate of drug-likeness (QED) is 0.906. The standard InChI is InChI=1S/C11H12BrN3/c1-7(2)14-11-6-13-9-4-3-8(12)5-10(9)15-11/h3-7H,1-2H3,(H,14,15). The van der Waals surface area contributed by atoms with E-state index in [1.54, 1.807) is 6.20 Å². The van der Waals surface area contributed by atoms with Crippen LogP contribution in [0.25, 0.3) is 11.0 Å². The zero-order chi connectivity index (χ0) is 10.8. The number of aromatic nitrogens is 2. The van der Waals surface area contributed by atoms with Crippen molar-refractivity contribution in [3.05, 3.63) is 28.9 Å². The third kappa shape index (κ3) is 2.45. The summed E-state index contributed by atoms with van der Waals surface area (Å²) in [7, 11) is 0. The zero-order valence-electron chi connectivity index (χ0n) is 8.66. The molecule has 0 unspecified atom stereocenters. The van der Waals surface area contributed by atoms with Crippen molar-refractivity contribution < 1.29 is 0 Å². The summed E-state index contributed by atoms with van der Waals surface area (Å²) in [6.45, 7) is 4.15. The van der Waals surface area contributed by atoms with Crippen molar-refractivity contribution in [3.8, 4) is 0 Å². The highest BCUT2D eigenvalue weighted by atomic mass is 79.9. The Balaban J connectivity index is 2.45. The molecule has 1 heterocycles. The van der Waals surface area contributed by atoms with E-state index in [0.717, 1.165) is 21.3 Å². The molecule has 0 spiro atoms. The fourth-order valence-electron chi connectivity index (χ4n) is 1.35. The van der Waals surface area contributed by atoms with Gasteiger partial charge in [-0.3, -0.25) is 4.98 Å².